The molecular formula is C26H21ClN4O3. The van der Waals surface area contributed by atoms with Gasteiger partial charge in [-0.3, -0.25) is 4.79 Å². The van der Waals surface area contributed by atoms with E-state index in [2.05, 4.69) is 9.97 Å². The van der Waals surface area contributed by atoms with Crippen molar-refractivity contribution < 1.29 is 14.3 Å². The van der Waals surface area contributed by atoms with E-state index in [4.69, 9.17) is 22.1 Å². The predicted molar refractivity (Wildman–Crippen MR) is 129 cm³/mol. The largest absolute Gasteiger partial charge is 0.456 e. The summed E-state index contributed by atoms with van der Waals surface area (Å²) in [6.45, 7) is 0.125. The van der Waals surface area contributed by atoms with Crippen molar-refractivity contribution >= 4 is 40.2 Å². The average Bonchev–Trinajstić information content (AvgIpc) is 2.86. The predicted octanol–water partition coefficient (Wildman–Crippen LogP) is 4.18. The zero-order valence-corrected chi connectivity index (χ0v) is 18.9. The van der Waals surface area contributed by atoms with Crippen molar-refractivity contribution in [2.45, 2.75) is 25.6 Å². The molecule has 0 fully saturated rings. The van der Waals surface area contributed by atoms with Crippen molar-refractivity contribution in [1.29, 1.82) is 0 Å². The third kappa shape index (κ3) is 4.18. The number of nitrogens with zero attached hydrogens (tertiary/aromatic N) is 3. The van der Waals surface area contributed by atoms with Crippen LogP contribution in [0.15, 0.2) is 72.8 Å². The van der Waals surface area contributed by atoms with Crippen molar-refractivity contribution in [3.05, 3.63) is 100 Å². The maximum Gasteiger partial charge on any atom is 0.329 e. The Kier molecular flexibility index (Phi) is 5.86. The lowest BCUT2D eigenvalue weighted by Crippen LogP contribution is -2.49. The van der Waals surface area contributed by atoms with Crippen LogP contribution in [-0.4, -0.2) is 32.8 Å². The summed E-state index contributed by atoms with van der Waals surface area (Å²) in [6.07, 6.45) is 0.339. The standard InChI is InChI=1S/C26H21ClN4O3/c27-20-11-5-3-9-18(20)25(32)31-14-17-8-2-1-7-16(17)13-22(31)26(33)34-15-23-29-21-12-6-4-10-19(21)24(28)30-23/h1-12,22H,13-15H2,(H2,28,29,30)/t22-/m0/s1. The lowest BCUT2D eigenvalue weighted by Gasteiger charge is -2.35. The summed E-state index contributed by atoms with van der Waals surface area (Å²) in [6, 6.07) is 21.1. The van der Waals surface area contributed by atoms with Gasteiger partial charge in [-0.25, -0.2) is 14.8 Å². The van der Waals surface area contributed by atoms with E-state index in [-0.39, 0.29) is 19.1 Å². The fourth-order valence-electron chi connectivity index (χ4n) is 4.18. The Hall–Kier alpha value is -3.97. The molecule has 1 amide bonds. The minimum absolute atomic E-state index is 0.153. The van der Waals surface area contributed by atoms with Crippen LogP contribution in [0.4, 0.5) is 5.82 Å². The van der Waals surface area contributed by atoms with Crippen molar-refractivity contribution in [3.63, 3.8) is 0 Å². The number of rotatable bonds is 4. The van der Waals surface area contributed by atoms with Crippen LogP contribution in [0.5, 0.6) is 0 Å². The molecule has 0 bridgehead atoms. The summed E-state index contributed by atoms with van der Waals surface area (Å²) in [7, 11) is 0. The lowest BCUT2D eigenvalue weighted by atomic mass is 9.93. The molecule has 3 aromatic carbocycles. The highest BCUT2D eigenvalue weighted by Gasteiger charge is 2.36. The fraction of sp³-hybridized carbons (Fsp3) is 0.154. The smallest absolute Gasteiger partial charge is 0.329 e. The second kappa shape index (κ2) is 9.11. The quantitative estimate of drug-likeness (QED) is 0.447. The van der Waals surface area contributed by atoms with Crippen LogP contribution < -0.4 is 5.73 Å². The number of hydrogen-bond donors (Lipinski definition) is 1. The summed E-state index contributed by atoms with van der Waals surface area (Å²) in [5, 5.41) is 1.07. The number of halogens is 1. The van der Waals surface area contributed by atoms with E-state index in [0.717, 1.165) is 16.5 Å². The van der Waals surface area contributed by atoms with E-state index in [0.29, 0.717) is 34.2 Å². The first-order valence-corrected chi connectivity index (χ1v) is 11.2. The molecule has 2 heterocycles. The molecule has 7 nitrogen and oxygen atoms in total. The van der Waals surface area contributed by atoms with Crippen LogP contribution in [0.1, 0.15) is 27.3 Å². The number of carbonyl (C=O) groups is 2. The van der Waals surface area contributed by atoms with E-state index in [1.165, 1.54) is 4.90 Å². The highest BCUT2D eigenvalue weighted by atomic mass is 35.5. The number of anilines is 1. The van der Waals surface area contributed by atoms with Gasteiger partial charge >= 0.3 is 5.97 Å². The monoisotopic (exact) mass is 472 g/mol. The van der Waals surface area contributed by atoms with E-state index in [1.807, 2.05) is 48.5 Å². The Morgan fingerprint density at radius 2 is 1.68 bits per heavy atom. The number of ether oxygens (including phenoxy) is 1. The summed E-state index contributed by atoms with van der Waals surface area (Å²) in [5.41, 5.74) is 9.03. The number of nitrogens with two attached hydrogens (primary N) is 1. The maximum atomic E-state index is 13.4. The molecule has 4 aromatic rings. The van der Waals surface area contributed by atoms with Gasteiger partial charge in [-0.05, 0) is 35.4 Å². The van der Waals surface area contributed by atoms with E-state index in [9.17, 15) is 9.59 Å². The first-order valence-electron chi connectivity index (χ1n) is 10.8. The number of hydrogen-bond acceptors (Lipinski definition) is 6. The molecular weight excluding hydrogens is 452 g/mol. The molecule has 0 saturated heterocycles. The van der Waals surface area contributed by atoms with Gasteiger partial charge in [0.15, 0.2) is 12.4 Å². The van der Waals surface area contributed by atoms with Crippen LogP contribution in [0.2, 0.25) is 5.02 Å². The highest BCUT2D eigenvalue weighted by Crippen LogP contribution is 2.28. The lowest BCUT2D eigenvalue weighted by molar-refractivity contribution is -0.151. The number of carbonyl (C=O) groups excluding carboxylic acids is 2. The van der Waals surface area contributed by atoms with Gasteiger partial charge in [0, 0.05) is 18.4 Å². The fourth-order valence-corrected chi connectivity index (χ4v) is 4.40. The van der Waals surface area contributed by atoms with Gasteiger partial charge in [0.25, 0.3) is 5.91 Å². The molecule has 8 heteroatoms. The van der Waals surface area contributed by atoms with Gasteiger partial charge in [0.2, 0.25) is 0 Å². The third-order valence-corrected chi connectivity index (χ3v) is 6.24. The molecule has 1 aliphatic rings. The number of nitrogen functional groups attached to an aromatic ring is 1. The zero-order valence-electron chi connectivity index (χ0n) is 18.1. The van der Waals surface area contributed by atoms with Gasteiger partial charge < -0.3 is 15.4 Å². The Labute approximate surface area is 201 Å². The number of fused-ring (bicyclic) bond motifs is 2. The number of amides is 1. The Morgan fingerprint density at radius 3 is 2.50 bits per heavy atom. The van der Waals surface area contributed by atoms with Crippen molar-refractivity contribution in [2.75, 3.05) is 5.73 Å². The van der Waals surface area contributed by atoms with Crippen LogP contribution in [0.3, 0.4) is 0 Å². The molecule has 170 valence electrons. The summed E-state index contributed by atoms with van der Waals surface area (Å²) in [5.74, 6) is -0.248. The molecule has 0 spiro atoms. The van der Waals surface area contributed by atoms with Crippen LogP contribution >= 0.6 is 11.6 Å². The molecule has 1 atom stereocenters. The first kappa shape index (κ1) is 21.9. The molecule has 1 aromatic heterocycles. The number of benzene rings is 3. The Balaban J connectivity index is 1.41. The second-order valence-corrected chi connectivity index (χ2v) is 8.46. The third-order valence-electron chi connectivity index (χ3n) is 5.91. The number of esters is 1. The summed E-state index contributed by atoms with van der Waals surface area (Å²) >= 11 is 6.28. The summed E-state index contributed by atoms with van der Waals surface area (Å²) in [4.78, 5) is 36.8. The van der Waals surface area contributed by atoms with Crippen molar-refractivity contribution in [1.82, 2.24) is 14.9 Å². The van der Waals surface area contributed by atoms with Gasteiger partial charge in [-0.15, -0.1) is 0 Å². The van der Waals surface area contributed by atoms with E-state index in [1.54, 1.807) is 24.3 Å². The molecule has 0 saturated carbocycles. The minimum Gasteiger partial charge on any atom is -0.456 e. The average molecular weight is 473 g/mol. The second-order valence-electron chi connectivity index (χ2n) is 8.05. The van der Waals surface area contributed by atoms with Crippen LogP contribution in [-0.2, 0) is 29.1 Å². The molecule has 0 unspecified atom stereocenters. The minimum atomic E-state index is -0.809. The zero-order chi connectivity index (χ0) is 23.7. The van der Waals surface area contributed by atoms with Gasteiger partial charge in [0.1, 0.15) is 11.9 Å². The van der Waals surface area contributed by atoms with Crippen molar-refractivity contribution in [2.24, 2.45) is 0 Å². The van der Waals surface area contributed by atoms with Gasteiger partial charge in [-0.2, -0.15) is 0 Å². The van der Waals surface area contributed by atoms with Crippen LogP contribution in [0.25, 0.3) is 10.9 Å². The van der Waals surface area contributed by atoms with Crippen molar-refractivity contribution in [3.8, 4) is 0 Å². The van der Waals surface area contributed by atoms with Crippen LogP contribution in [0, 0.1) is 0 Å². The molecule has 34 heavy (non-hydrogen) atoms. The molecule has 2 N–H and O–H groups in total. The summed E-state index contributed by atoms with van der Waals surface area (Å²) < 4.78 is 5.59. The Morgan fingerprint density at radius 1 is 0.971 bits per heavy atom. The number of para-hydroxylation sites is 1. The number of aromatic nitrogens is 2. The SMILES string of the molecule is Nc1nc(COC(=O)[C@@H]2Cc3ccccc3CN2C(=O)c2ccccc2Cl)nc2ccccc12. The first-order chi connectivity index (χ1) is 16.5. The van der Waals surface area contributed by atoms with E-state index < -0.39 is 12.0 Å². The maximum absolute atomic E-state index is 13.4. The Bertz CT molecular complexity index is 1410. The molecule has 5 rings (SSSR count). The molecule has 0 radical (unpaired) electrons. The van der Waals surface area contributed by atoms with E-state index >= 15 is 0 Å². The van der Waals surface area contributed by atoms with Gasteiger partial charge in [-0.1, -0.05) is 60.1 Å². The molecule has 0 aliphatic carbocycles. The van der Waals surface area contributed by atoms with Gasteiger partial charge in [0.05, 0.1) is 16.1 Å². The normalized spacial score (nSPS) is 15.1. The highest BCUT2D eigenvalue weighted by molar-refractivity contribution is 6.33. The topological polar surface area (TPSA) is 98.4 Å². The molecule has 1 aliphatic heterocycles.